The van der Waals surface area contributed by atoms with Crippen LogP contribution < -0.4 is 5.73 Å². The van der Waals surface area contributed by atoms with Gasteiger partial charge < -0.3 is 10.8 Å². The topological polar surface area (TPSA) is 87.1 Å². The fourth-order valence-corrected chi connectivity index (χ4v) is 1.71. The second-order valence-electron chi connectivity index (χ2n) is 2.57. The van der Waals surface area contributed by atoms with Crippen LogP contribution in [0.1, 0.15) is 21.5 Å². The minimum atomic E-state index is -1.09. The van der Waals surface area contributed by atoms with Gasteiger partial charge in [0, 0.05) is 11.0 Å². The molecular formula is C9H7BrN2O2. The monoisotopic (exact) mass is 254 g/mol. The first kappa shape index (κ1) is 10.7. The van der Waals surface area contributed by atoms with E-state index in [4.69, 9.17) is 16.1 Å². The molecule has 1 aromatic rings. The Morgan fingerprint density at radius 1 is 1.64 bits per heavy atom. The molecule has 0 fully saturated rings. The van der Waals surface area contributed by atoms with Gasteiger partial charge in [-0.1, -0.05) is 0 Å². The number of benzene rings is 1. The van der Waals surface area contributed by atoms with Gasteiger partial charge in [-0.15, -0.1) is 0 Å². The number of carboxylic acids is 1. The van der Waals surface area contributed by atoms with Gasteiger partial charge in [-0.25, -0.2) is 4.79 Å². The third kappa shape index (κ3) is 1.76. The Kier molecular flexibility index (Phi) is 3.23. The first-order chi connectivity index (χ1) is 6.61. The highest BCUT2D eigenvalue weighted by molar-refractivity contribution is 9.10. The van der Waals surface area contributed by atoms with E-state index in [-0.39, 0.29) is 12.1 Å². The first-order valence-corrected chi connectivity index (χ1v) is 4.56. The molecule has 0 aliphatic rings. The van der Waals surface area contributed by atoms with Crippen LogP contribution in [-0.4, -0.2) is 11.1 Å². The molecule has 72 valence electrons. The Bertz CT molecular complexity index is 424. The largest absolute Gasteiger partial charge is 0.478 e. The van der Waals surface area contributed by atoms with Crippen molar-refractivity contribution in [3.05, 3.63) is 33.3 Å². The van der Waals surface area contributed by atoms with Gasteiger partial charge in [0.05, 0.1) is 17.2 Å². The van der Waals surface area contributed by atoms with E-state index in [0.717, 1.165) is 0 Å². The predicted molar refractivity (Wildman–Crippen MR) is 53.7 cm³/mol. The van der Waals surface area contributed by atoms with E-state index in [0.29, 0.717) is 15.6 Å². The maximum Gasteiger partial charge on any atom is 0.337 e. The molecule has 0 radical (unpaired) electrons. The molecule has 0 amide bonds. The Morgan fingerprint density at radius 2 is 2.29 bits per heavy atom. The highest BCUT2D eigenvalue weighted by Crippen LogP contribution is 2.23. The van der Waals surface area contributed by atoms with Crippen LogP contribution in [0.15, 0.2) is 16.6 Å². The van der Waals surface area contributed by atoms with Crippen LogP contribution in [0.4, 0.5) is 0 Å². The molecule has 0 unspecified atom stereocenters. The number of halogens is 1. The summed E-state index contributed by atoms with van der Waals surface area (Å²) in [4.78, 5) is 10.9. The van der Waals surface area contributed by atoms with Crippen molar-refractivity contribution in [3.63, 3.8) is 0 Å². The van der Waals surface area contributed by atoms with Crippen LogP contribution in [0.5, 0.6) is 0 Å². The number of rotatable bonds is 2. The van der Waals surface area contributed by atoms with Crippen molar-refractivity contribution >= 4 is 21.9 Å². The molecule has 0 aliphatic heterocycles. The molecule has 0 saturated heterocycles. The quantitative estimate of drug-likeness (QED) is 0.837. The van der Waals surface area contributed by atoms with Crippen molar-refractivity contribution in [2.45, 2.75) is 6.54 Å². The summed E-state index contributed by atoms with van der Waals surface area (Å²) < 4.78 is 0.435. The van der Waals surface area contributed by atoms with Crippen molar-refractivity contribution in [1.82, 2.24) is 0 Å². The van der Waals surface area contributed by atoms with E-state index in [2.05, 4.69) is 15.9 Å². The number of carbonyl (C=O) groups is 1. The summed E-state index contributed by atoms with van der Waals surface area (Å²) in [5, 5.41) is 17.6. The summed E-state index contributed by atoms with van der Waals surface area (Å²) in [7, 11) is 0. The van der Waals surface area contributed by atoms with Crippen LogP contribution in [0.3, 0.4) is 0 Å². The molecule has 5 heteroatoms. The molecular weight excluding hydrogens is 248 g/mol. The Labute approximate surface area is 89.1 Å². The van der Waals surface area contributed by atoms with E-state index in [9.17, 15) is 4.79 Å². The molecule has 0 spiro atoms. The summed E-state index contributed by atoms with van der Waals surface area (Å²) in [5.41, 5.74) is 6.12. The maximum atomic E-state index is 10.9. The lowest BCUT2D eigenvalue weighted by Gasteiger charge is -2.07. The number of nitrogens with two attached hydrogens (primary N) is 1. The summed E-state index contributed by atoms with van der Waals surface area (Å²) in [6.45, 7) is 0.0317. The fourth-order valence-electron chi connectivity index (χ4n) is 1.17. The standard InChI is InChI=1S/C9H7BrN2O2/c10-7-2-1-5(3-11)6(4-12)8(7)9(13)14/h1-2H,4,12H2,(H,13,14). The van der Waals surface area contributed by atoms with Gasteiger partial charge in [-0.2, -0.15) is 5.26 Å². The molecule has 0 bridgehead atoms. The Hall–Kier alpha value is -1.38. The molecule has 1 rings (SSSR count). The van der Waals surface area contributed by atoms with E-state index in [1.54, 1.807) is 6.07 Å². The van der Waals surface area contributed by atoms with Gasteiger partial charge in [0.1, 0.15) is 0 Å². The number of nitrogens with zero attached hydrogens (tertiary/aromatic N) is 1. The lowest BCUT2D eigenvalue weighted by molar-refractivity contribution is 0.0694. The number of hydrogen-bond acceptors (Lipinski definition) is 3. The van der Waals surface area contributed by atoms with Gasteiger partial charge in [-0.3, -0.25) is 0 Å². The highest BCUT2D eigenvalue weighted by atomic mass is 79.9. The zero-order valence-electron chi connectivity index (χ0n) is 7.12. The van der Waals surface area contributed by atoms with Crippen LogP contribution in [0, 0.1) is 11.3 Å². The van der Waals surface area contributed by atoms with Crippen LogP contribution in [-0.2, 0) is 6.54 Å². The van der Waals surface area contributed by atoms with Gasteiger partial charge in [0.25, 0.3) is 0 Å². The summed E-state index contributed by atoms with van der Waals surface area (Å²) in [5.74, 6) is -1.09. The number of carboxylic acid groups (broad SMARTS) is 1. The Morgan fingerprint density at radius 3 is 2.71 bits per heavy atom. The second-order valence-corrected chi connectivity index (χ2v) is 3.42. The van der Waals surface area contributed by atoms with Crippen LogP contribution >= 0.6 is 15.9 Å². The lowest BCUT2D eigenvalue weighted by Crippen LogP contribution is -2.10. The normalized spacial score (nSPS) is 9.50. The molecule has 0 heterocycles. The van der Waals surface area contributed by atoms with Crippen molar-refractivity contribution in [2.75, 3.05) is 0 Å². The highest BCUT2D eigenvalue weighted by Gasteiger charge is 2.16. The third-order valence-corrected chi connectivity index (χ3v) is 2.46. The molecule has 1 aromatic carbocycles. The van der Waals surface area contributed by atoms with Crippen molar-refractivity contribution in [1.29, 1.82) is 5.26 Å². The SMILES string of the molecule is N#Cc1ccc(Br)c(C(=O)O)c1CN. The first-order valence-electron chi connectivity index (χ1n) is 3.76. The fraction of sp³-hybridized carbons (Fsp3) is 0.111. The van der Waals surface area contributed by atoms with Crippen molar-refractivity contribution < 1.29 is 9.90 Å². The zero-order valence-corrected chi connectivity index (χ0v) is 8.71. The van der Waals surface area contributed by atoms with Gasteiger partial charge >= 0.3 is 5.97 Å². The average molecular weight is 255 g/mol. The van der Waals surface area contributed by atoms with Gasteiger partial charge in [0.15, 0.2) is 0 Å². The summed E-state index contributed by atoms with van der Waals surface area (Å²) in [6.07, 6.45) is 0. The molecule has 3 N–H and O–H groups in total. The average Bonchev–Trinajstić information content (AvgIpc) is 2.16. The van der Waals surface area contributed by atoms with Crippen LogP contribution in [0.25, 0.3) is 0 Å². The maximum absolute atomic E-state index is 10.9. The Balaban J connectivity index is 3.53. The van der Waals surface area contributed by atoms with E-state index in [1.807, 2.05) is 6.07 Å². The third-order valence-electron chi connectivity index (χ3n) is 1.80. The van der Waals surface area contributed by atoms with Crippen molar-refractivity contribution in [2.24, 2.45) is 5.73 Å². The molecule has 14 heavy (non-hydrogen) atoms. The number of hydrogen-bond donors (Lipinski definition) is 2. The zero-order chi connectivity index (χ0) is 10.7. The summed E-state index contributed by atoms with van der Waals surface area (Å²) >= 11 is 3.11. The second kappa shape index (κ2) is 4.22. The van der Waals surface area contributed by atoms with E-state index in [1.165, 1.54) is 6.07 Å². The minimum Gasteiger partial charge on any atom is -0.478 e. The van der Waals surface area contributed by atoms with E-state index >= 15 is 0 Å². The lowest BCUT2D eigenvalue weighted by atomic mass is 10.0. The summed E-state index contributed by atoms with van der Waals surface area (Å²) in [6, 6.07) is 4.97. The molecule has 0 aliphatic carbocycles. The van der Waals surface area contributed by atoms with Crippen molar-refractivity contribution in [3.8, 4) is 6.07 Å². The molecule has 0 atom stereocenters. The molecule has 0 saturated carbocycles. The molecule has 0 aromatic heterocycles. The number of nitriles is 1. The minimum absolute atomic E-state index is 0.0317. The van der Waals surface area contributed by atoms with Gasteiger partial charge in [0.2, 0.25) is 0 Å². The predicted octanol–water partition coefficient (Wildman–Crippen LogP) is 1.48. The van der Waals surface area contributed by atoms with Crippen LogP contribution in [0.2, 0.25) is 0 Å². The van der Waals surface area contributed by atoms with E-state index < -0.39 is 5.97 Å². The molecule has 4 nitrogen and oxygen atoms in total. The smallest absolute Gasteiger partial charge is 0.337 e. The number of aromatic carboxylic acids is 1. The van der Waals surface area contributed by atoms with Gasteiger partial charge in [-0.05, 0) is 33.6 Å².